The van der Waals surface area contributed by atoms with E-state index < -0.39 is 63.0 Å². The topological polar surface area (TPSA) is 163 Å². The second kappa shape index (κ2) is 25.7. The first-order chi connectivity index (χ1) is 39.6. The van der Waals surface area contributed by atoms with Crippen molar-refractivity contribution in [1.29, 1.82) is 0 Å². The van der Waals surface area contributed by atoms with Crippen LogP contribution in [0.4, 0.5) is 0 Å². The Balaban J connectivity index is 1.13. The predicted molar refractivity (Wildman–Crippen MR) is 314 cm³/mol. The minimum Gasteiger partial charge on any atom is -0.408 e. The van der Waals surface area contributed by atoms with Gasteiger partial charge in [0.1, 0.15) is 44.3 Å². The van der Waals surface area contributed by atoms with Crippen LogP contribution in [0.2, 0.25) is 0 Å². The molecule has 4 fully saturated rings. The summed E-state index contributed by atoms with van der Waals surface area (Å²) >= 11 is 0. The van der Waals surface area contributed by atoms with E-state index in [1.54, 1.807) is 48.5 Å². The smallest absolute Gasteiger partial charge is 0.408 e. The van der Waals surface area contributed by atoms with Crippen molar-refractivity contribution in [3.8, 4) is 34.5 Å². The van der Waals surface area contributed by atoms with Gasteiger partial charge in [-0.1, -0.05) is 154 Å². The first kappa shape index (κ1) is 60.7. The van der Waals surface area contributed by atoms with Gasteiger partial charge >= 0.3 is 17.2 Å². The first-order valence-electron chi connectivity index (χ1n) is 28.1. The lowest BCUT2D eigenvalue weighted by Gasteiger charge is -2.34. The lowest BCUT2D eigenvalue weighted by Crippen LogP contribution is -2.25. The fourth-order valence-electron chi connectivity index (χ4n) is 11.2. The number of sulfone groups is 1. The molecule has 0 unspecified atom stereocenters. The summed E-state index contributed by atoms with van der Waals surface area (Å²) < 4.78 is 122. The highest BCUT2D eigenvalue weighted by Crippen LogP contribution is 2.53. The zero-order chi connectivity index (χ0) is 58.6. The molecule has 0 radical (unpaired) electrons. The third-order valence-electron chi connectivity index (χ3n) is 14.2. The average molecular weight is 1200 g/mol. The average Bonchev–Trinajstić information content (AvgIpc) is 4.43. The molecule has 0 amide bonds. The molecule has 4 heterocycles. The lowest BCUT2D eigenvalue weighted by molar-refractivity contribution is -0.0456. The molecule has 16 nitrogen and oxygen atoms in total. The number of rotatable bonds is 22. The quantitative estimate of drug-likeness (QED) is 0.0589. The van der Waals surface area contributed by atoms with Crippen LogP contribution in [-0.4, -0.2) is 61.3 Å². The van der Waals surface area contributed by atoms with Gasteiger partial charge in [0.05, 0.1) is 75.1 Å². The Morgan fingerprint density at radius 1 is 0.361 bits per heavy atom. The van der Waals surface area contributed by atoms with Crippen molar-refractivity contribution in [2.75, 3.05) is 52.9 Å². The van der Waals surface area contributed by atoms with E-state index in [1.165, 1.54) is 0 Å². The molecule has 4 saturated heterocycles. The molecule has 6 aromatic carbocycles. The van der Waals surface area contributed by atoms with Gasteiger partial charge in [-0.2, -0.15) is 0 Å². The van der Waals surface area contributed by atoms with E-state index in [4.69, 9.17) is 65.0 Å². The minimum atomic E-state index is -4.73. The Hall–Kier alpha value is -5.39. The maximum absolute atomic E-state index is 16.7. The van der Waals surface area contributed by atoms with Crippen molar-refractivity contribution in [3.63, 3.8) is 0 Å². The number of hydrogen-bond donors (Lipinski definition) is 0. The third kappa shape index (κ3) is 15.0. The molecule has 0 N–H and O–H groups in total. The zero-order valence-corrected chi connectivity index (χ0v) is 51.5. The van der Waals surface area contributed by atoms with E-state index in [0.717, 1.165) is 11.1 Å². The van der Waals surface area contributed by atoms with E-state index in [-0.39, 0.29) is 32.1 Å². The Bertz CT molecular complexity index is 2950. The van der Waals surface area contributed by atoms with Gasteiger partial charge in [0.25, 0.3) is 0 Å². The fourth-order valence-corrected chi connectivity index (χ4v) is 15.0. The van der Waals surface area contributed by atoms with Crippen LogP contribution in [0.3, 0.4) is 0 Å². The van der Waals surface area contributed by atoms with E-state index in [0.29, 0.717) is 111 Å². The Labute approximate surface area is 491 Å². The van der Waals surface area contributed by atoms with Crippen LogP contribution in [0.15, 0.2) is 143 Å². The molecule has 0 saturated carbocycles. The maximum atomic E-state index is 16.7. The van der Waals surface area contributed by atoms with Crippen molar-refractivity contribution in [2.45, 2.75) is 128 Å². The molecule has 0 spiro atoms. The molecule has 444 valence electrons. The van der Waals surface area contributed by atoms with Crippen molar-refractivity contribution >= 4 is 27.0 Å². The van der Waals surface area contributed by atoms with Crippen LogP contribution in [-0.2, 0) is 58.6 Å². The molecular formula is C64H76O16P2S. The van der Waals surface area contributed by atoms with Gasteiger partial charge in [0, 0.05) is 0 Å². The van der Waals surface area contributed by atoms with E-state index in [1.807, 2.05) is 84.9 Å². The summed E-state index contributed by atoms with van der Waals surface area (Å²) in [5.41, 5.74) is 2.56. The summed E-state index contributed by atoms with van der Waals surface area (Å²) in [7, 11) is -9.88. The van der Waals surface area contributed by atoms with Crippen molar-refractivity contribution in [1.82, 2.24) is 0 Å². The minimum absolute atomic E-state index is 0.0424. The Morgan fingerprint density at radius 3 is 0.855 bits per heavy atom. The van der Waals surface area contributed by atoms with Gasteiger partial charge in [0.2, 0.25) is 9.84 Å². The summed E-state index contributed by atoms with van der Waals surface area (Å²) in [6.45, 7) is 24.6. The standard InChI is InChI=1S/C64H76O16P2S/c1-61(2,3)41-63(7,8)43-27-29-53(79-81(75-49-23-15-11-19-45(49)57-67-31-32-68-57)76-50-24-16-12-20-46(50)58-69-33-34-70-58)55(39-43)83(65,66)56-40-44(64(9,10)42-62(4,5)6)28-30-54(56)80-82(77-51-25-17-13-21-47(51)59-71-35-36-72-59)78-52-26-18-14-22-48(52)60-73-37-38-74-60/h11-30,39-40,57-60H,31-38,41-42H2,1-10H3. The summed E-state index contributed by atoms with van der Waals surface area (Å²) in [5, 5.41) is 0. The molecule has 0 bridgehead atoms. The van der Waals surface area contributed by atoms with Crippen LogP contribution in [0.1, 0.15) is 141 Å². The van der Waals surface area contributed by atoms with Gasteiger partial charge < -0.3 is 65.0 Å². The summed E-state index contributed by atoms with van der Waals surface area (Å²) in [5.74, 6) is 1.31. The maximum Gasteiger partial charge on any atom is 0.530 e. The van der Waals surface area contributed by atoms with E-state index in [9.17, 15) is 0 Å². The van der Waals surface area contributed by atoms with Crippen LogP contribution < -0.4 is 27.1 Å². The molecule has 83 heavy (non-hydrogen) atoms. The van der Waals surface area contributed by atoms with Gasteiger partial charge in [-0.3, -0.25) is 0 Å². The normalized spacial score (nSPS) is 17.2. The number of ether oxygens (including phenoxy) is 8. The monoisotopic (exact) mass is 1190 g/mol. The Morgan fingerprint density at radius 2 is 0.602 bits per heavy atom. The van der Waals surface area contributed by atoms with Crippen LogP contribution in [0.5, 0.6) is 34.5 Å². The van der Waals surface area contributed by atoms with Gasteiger partial charge in [0.15, 0.2) is 25.2 Å². The van der Waals surface area contributed by atoms with E-state index in [2.05, 4.69) is 69.2 Å². The molecule has 4 aliphatic rings. The largest absolute Gasteiger partial charge is 0.530 e. The number of benzene rings is 6. The highest BCUT2D eigenvalue weighted by molar-refractivity contribution is 7.91. The highest BCUT2D eigenvalue weighted by atomic mass is 32.2. The van der Waals surface area contributed by atoms with Crippen molar-refractivity contribution in [2.24, 2.45) is 10.8 Å². The van der Waals surface area contributed by atoms with Crippen LogP contribution in [0, 0.1) is 10.8 Å². The molecule has 4 aliphatic heterocycles. The molecule has 6 aromatic rings. The predicted octanol–water partition coefficient (Wildman–Crippen LogP) is 15.7. The second-order valence-electron chi connectivity index (χ2n) is 24.5. The van der Waals surface area contributed by atoms with Crippen molar-refractivity contribution in [3.05, 3.63) is 167 Å². The Kier molecular flexibility index (Phi) is 18.8. The molecular weight excluding hydrogens is 1120 g/mol. The molecule has 0 atom stereocenters. The van der Waals surface area contributed by atoms with Gasteiger partial charge in [-0.05, 0) is 94.2 Å². The highest BCUT2D eigenvalue weighted by Gasteiger charge is 2.39. The molecule has 19 heteroatoms. The SMILES string of the molecule is CC(C)(C)CC(C)(C)c1ccc(OP(Oc2ccccc2C2OCCO2)Oc2ccccc2C2OCCO2)c(S(=O)(=O)c2cc(C(C)(C)CC(C)(C)C)ccc2OP(Oc2ccccc2C2OCCO2)Oc2ccccc2C2OCCO2)c1. The molecule has 0 aromatic heterocycles. The third-order valence-corrected chi connectivity index (χ3v) is 18.1. The van der Waals surface area contributed by atoms with Crippen LogP contribution >= 0.6 is 17.2 Å². The zero-order valence-electron chi connectivity index (χ0n) is 48.9. The summed E-state index contributed by atoms with van der Waals surface area (Å²) in [6.07, 6.45) is -1.47. The van der Waals surface area contributed by atoms with Gasteiger partial charge in [-0.25, -0.2) is 8.42 Å². The van der Waals surface area contributed by atoms with Gasteiger partial charge in [-0.15, -0.1) is 0 Å². The summed E-state index contributed by atoms with van der Waals surface area (Å²) in [6, 6.07) is 39.7. The first-order valence-corrected chi connectivity index (χ1v) is 31.8. The lowest BCUT2D eigenvalue weighted by atomic mass is 9.72. The van der Waals surface area contributed by atoms with Crippen LogP contribution in [0.25, 0.3) is 0 Å². The van der Waals surface area contributed by atoms with Crippen molar-refractivity contribution < 1.29 is 73.5 Å². The molecule has 10 rings (SSSR count). The number of hydrogen-bond acceptors (Lipinski definition) is 16. The second-order valence-corrected chi connectivity index (χ2v) is 28.4. The van der Waals surface area contributed by atoms with E-state index >= 15 is 8.42 Å². The fraction of sp³-hybridized carbons (Fsp3) is 0.438. The number of para-hydroxylation sites is 4. The summed E-state index contributed by atoms with van der Waals surface area (Å²) in [4.78, 5) is -0.321. The molecule has 0 aliphatic carbocycles.